The fourth-order valence-electron chi connectivity index (χ4n) is 3.23. The molecule has 4 rings (SSSR count). The molecule has 0 unspecified atom stereocenters. The molecule has 0 amide bonds. The van der Waals surface area contributed by atoms with Crippen LogP contribution in [-0.2, 0) is 4.79 Å². The Hall–Kier alpha value is -2.20. The lowest BCUT2D eigenvalue weighted by molar-refractivity contribution is -0.115. The van der Waals surface area contributed by atoms with E-state index in [0.29, 0.717) is 6.42 Å². The summed E-state index contributed by atoms with van der Waals surface area (Å²) in [7, 11) is 0. The van der Waals surface area contributed by atoms with Gasteiger partial charge in [0, 0.05) is 22.9 Å². The van der Waals surface area contributed by atoms with Crippen molar-refractivity contribution >= 4 is 34.2 Å². The van der Waals surface area contributed by atoms with Gasteiger partial charge in [0.1, 0.15) is 0 Å². The number of nitrogens with one attached hydrogen (secondary N) is 1. The minimum Gasteiger partial charge on any atom is -0.357 e. The zero-order valence-corrected chi connectivity index (χ0v) is 13.1. The molecule has 0 saturated heterocycles. The number of nitrogens with zero attached hydrogens (tertiary/aromatic N) is 1. The lowest BCUT2D eigenvalue weighted by atomic mass is 9.81. The molecule has 1 aromatic carbocycles. The number of anilines is 1. The van der Waals surface area contributed by atoms with Crippen LogP contribution in [0.4, 0.5) is 11.4 Å². The number of Topliss-reactive ketones (excluding diaryl/α,β-unsaturated/α-hetero) is 1. The molecule has 0 radical (unpaired) electrons. The highest BCUT2D eigenvalue weighted by Crippen LogP contribution is 2.39. The standard InChI is InChI=1S/C18H16N2OS/c1-11-18-15(20-14-6-3-2-5-13(14)19-11)9-12(10-16(18)21)17-7-4-8-22-17/h2-8,12,19H,9-10H2,1H3/t12-/m1/s1. The van der Waals surface area contributed by atoms with Crippen LogP contribution in [0.15, 0.2) is 58.0 Å². The zero-order chi connectivity index (χ0) is 15.1. The van der Waals surface area contributed by atoms with Gasteiger partial charge in [-0.2, -0.15) is 0 Å². The number of hydrogen-bond donors (Lipinski definition) is 1. The second kappa shape index (κ2) is 5.21. The van der Waals surface area contributed by atoms with Crippen LogP contribution in [0.5, 0.6) is 0 Å². The lowest BCUT2D eigenvalue weighted by Gasteiger charge is -2.24. The zero-order valence-electron chi connectivity index (χ0n) is 12.3. The summed E-state index contributed by atoms with van der Waals surface area (Å²) in [4.78, 5) is 18.8. The maximum absolute atomic E-state index is 12.7. The molecule has 1 saturated carbocycles. The Morgan fingerprint density at radius 3 is 2.86 bits per heavy atom. The Bertz CT molecular complexity index is 802. The van der Waals surface area contributed by atoms with E-state index in [-0.39, 0.29) is 11.7 Å². The average molecular weight is 308 g/mol. The lowest BCUT2D eigenvalue weighted by Crippen LogP contribution is -2.26. The SMILES string of the molecule is CC1=C2C(=O)C[C@H](c3cccs3)CC2=Nc2ccccc2N1. The quantitative estimate of drug-likeness (QED) is 0.832. The van der Waals surface area contributed by atoms with E-state index >= 15 is 0 Å². The third-order valence-corrected chi connectivity index (χ3v) is 5.28. The molecule has 22 heavy (non-hydrogen) atoms. The van der Waals surface area contributed by atoms with Gasteiger partial charge in [-0.3, -0.25) is 9.79 Å². The minimum absolute atomic E-state index is 0.196. The van der Waals surface area contributed by atoms with Gasteiger partial charge >= 0.3 is 0 Å². The summed E-state index contributed by atoms with van der Waals surface area (Å²) in [5, 5.41) is 5.42. The number of rotatable bonds is 1. The third-order valence-electron chi connectivity index (χ3n) is 4.24. The summed E-state index contributed by atoms with van der Waals surface area (Å²) in [6.07, 6.45) is 1.40. The summed E-state index contributed by atoms with van der Waals surface area (Å²) < 4.78 is 0. The molecule has 2 aromatic rings. The second-order valence-corrected chi connectivity index (χ2v) is 6.72. The first kappa shape index (κ1) is 13.5. The van der Waals surface area contributed by atoms with Crippen LogP contribution in [-0.4, -0.2) is 11.5 Å². The highest BCUT2D eigenvalue weighted by molar-refractivity contribution is 7.10. The topological polar surface area (TPSA) is 41.5 Å². The smallest absolute Gasteiger partial charge is 0.167 e. The van der Waals surface area contributed by atoms with Crippen molar-refractivity contribution in [1.82, 2.24) is 0 Å². The van der Waals surface area contributed by atoms with E-state index in [2.05, 4.69) is 16.8 Å². The number of aliphatic imine (C=N–C) groups is 1. The molecule has 1 fully saturated rings. The Kier molecular flexibility index (Phi) is 3.19. The van der Waals surface area contributed by atoms with Crippen molar-refractivity contribution in [2.45, 2.75) is 25.7 Å². The van der Waals surface area contributed by atoms with E-state index in [4.69, 9.17) is 4.99 Å². The summed E-state index contributed by atoms with van der Waals surface area (Å²) in [5.41, 5.74) is 4.49. The van der Waals surface area contributed by atoms with Crippen molar-refractivity contribution in [2.24, 2.45) is 4.99 Å². The maximum atomic E-state index is 12.7. The fourth-order valence-corrected chi connectivity index (χ4v) is 4.06. The summed E-state index contributed by atoms with van der Waals surface area (Å²) in [6, 6.07) is 12.1. The Balaban J connectivity index is 1.81. The van der Waals surface area contributed by atoms with E-state index in [1.165, 1.54) is 4.88 Å². The number of carbonyl (C=O) groups excluding carboxylic acids is 1. The number of fused-ring (bicyclic) bond motifs is 2. The van der Waals surface area contributed by atoms with Crippen molar-refractivity contribution in [1.29, 1.82) is 0 Å². The number of allylic oxidation sites excluding steroid dienone is 2. The van der Waals surface area contributed by atoms with E-state index < -0.39 is 0 Å². The molecule has 1 aliphatic carbocycles. The van der Waals surface area contributed by atoms with E-state index in [1.807, 2.05) is 37.3 Å². The summed E-state index contributed by atoms with van der Waals surface area (Å²) >= 11 is 1.72. The van der Waals surface area contributed by atoms with Gasteiger partial charge in [-0.15, -0.1) is 11.3 Å². The van der Waals surface area contributed by atoms with Crippen LogP contribution in [0, 0.1) is 0 Å². The second-order valence-electron chi connectivity index (χ2n) is 5.74. The van der Waals surface area contributed by atoms with Gasteiger partial charge in [0.25, 0.3) is 0 Å². The van der Waals surface area contributed by atoms with E-state index in [0.717, 1.165) is 34.8 Å². The number of ketones is 1. The molecule has 0 bridgehead atoms. The molecule has 1 aliphatic heterocycles. The number of para-hydroxylation sites is 2. The van der Waals surface area contributed by atoms with E-state index in [1.54, 1.807) is 11.3 Å². The van der Waals surface area contributed by atoms with Gasteiger partial charge in [0.2, 0.25) is 0 Å². The third kappa shape index (κ3) is 2.20. The van der Waals surface area contributed by atoms with Crippen LogP contribution in [0.1, 0.15) is 30.6 Å². The van der Waals surface area contributed by atoms with Crippen LogP contribution < -0.4 is 5.32 Å². The number of benzene rings is 1. The molecule has 0 spiro atoms. The molecular weight excluding hydrogens is 292 g/mol. The van der Waals surface area contributed by atoms with Crippen molar-refractivity contribution in [2.75, 3.05) is 5.32 Å². The normalized spacial score (nSPS) is 20.7. The fraction of sp³-hybridized carbons (Fsp3) is 0.222. The maximum Gasteiger partial charge on any atom is 0.167 e. The molecule has 110 valence electrons. The Morgan fingerprint density at radius 1 is 1.18 bits per heavy atom. The van der Waals surface area contributed by atoms with Crippen molar-refractivity contribution < 1.29 is 4.79 Å². The van der Waals surface area contributed by atoms with Gasteiger partial charge in [0.15, 0.2) is 5.78 Å². The molecule has 4 heteroatoms. The largest absolute Gasteiger partial charge is 0.357 e. The van der Waals surface area contributed by atoms with Gasteiger partial charge in [0.05, 0.1) is 22.7 Å². The Morgan fingerprint density at radius 2 is 2.05 bits per heavy atom. The van der Waals surface area contributed by atoms with Gasteiger partial charge < -0.3 is 5.32 Å². The van der Waals surface area contributed by atoms with Crippen LogP contribution in [0.25, 0.3) is 0 Å². The first-order chi connectivity index (χ1) is 10.7. The molecule has 1 atom stereocenters. The van der Waals surface area contributed by atoms with Crippen molar-refractivity contribution in [3.8, 4) is 0 Å². The predicted molar refractivity (Wildman–Crippen MR) is 91.2 cm³/mol. The number of thiophene rings is 1. The monoisotopic (exact) mass is 308 g/mol. The molecule has 2 heterocycles. The first-order valence-electron chi connectivity index (χ1n) is 7.44. The van der Waals surface area contributed by atoms with E-state index in [9.17, 15) is 4.79 Å². The van der Waals surface area contributed by atoms with Crippen LogP contribution >= 0.6 is 11.3 Å². The number of hydrogen-bond acceptors (Lipinski definition) is 4. The predicted octanol–water partition coefficient (Wildman–Crippen LogP) is 4.67. The van der Waals surface area contributed by atoms with Crippen molar-refractivity contribution in [3.05, 3.63) is 57.9 Å². The molecule has 1 N–H and O–H groups in total. The van der Waals surface area contributed by atoms with Crippen LogP contribution in [0.3, 0.4) is 0 Å². The number of carbonyl (C=O) groups is 1. The van der Waals surface area contributed by atoms with Crippen LogP contribution in [0.2, 0.25) is 0 Å². The van der Waals surface area contributed by atoms with Crippen molar-refractivity contribution in [3.63, 3.8) is 0 Å². The summed E-state index contributed by atoms with van der Waals surface area (Å²) in [5.74, 6) is 0.453. The molecule has 1 aromatic heterocycles. The van der Waals surface area contributed by atoms with Gasteiger partial charge in [-0.25, -0.2) is 0 Å². The first-order valence-corrected chi connectivity index (χ1v) is 8.32. The highest BCUT2D eigenvalue weighted by Gasteiger charge is 2.33. The molecular formula is C18H16N2OS. The van der Waals surface area contributed by atoms with Gasteiger partial charge in [-0.05, 0) is 36.9 Å². The average Bonchev–Trinajstić information content (AvgIpc) is 2.98. The molecule has 2 aliphatic rings. The minimum atomic E-state index is 0.196. The van der Waals surface area contributed by atoms with Gasteiger partial charge in [-0.1, -0.05) is 18.2 Å². The summed E-state index contributed by atoms with van der Waals surface area (Å²) in [6.45, 7) is 1.97. The molecule has 3 nitrogen and oxygen atoms in total. The Labute approximate surface area is 133 Å². The highest BCUT2D eigenvalue weighted by atomic mass is 32.1.